The summed E-state index contributed by atoms with van der Waals surface area (Å²) in [5.41, 5.74) is 6.88. The average Bonchev–Trinajstić information content (AvgIpc) is 2.28. The third kappa shape index (κ3) is 3.00. The van der Waals surface area contributed by atoms with Gasteiger partial charge in [0.05, 0.1) is 17.6 Å². The second-order valence-corrected chi connectivity index (χ2v) is 4.82. The lowest BCUT2D eigenvalue weighted by atomic mass is 10.3. The molecule has 0 atom stereocenters. The molecule has 0 radical (unpaired) electrons. The van der Waals surface area contributed by atoms with E-state index in [9.17, 15) is 0 Å². The van der Waals surface area contributed by atoms with Crippen LogP contribution in [-0.2, 0) is 0 Å². The molecule has 3 N–H and O–H groups in total. The number of rotatable bonds is 2. The van der Waals surface area contributed by atoms with Gasteiger partial charge >= 0.3 is 0 Å². The van der Waals surface area contributed by atoms with E-state index in [0.29, 0.717) is 16.5 Å². The van der Waals surface area contributed by atoms with E-state index in [0.717, 1.165) is 10.2 Å². The van der Waals surface area contributed by atoms with Crippen LogP contribution in [-0.4, -0.2) is 9.97 Å². The summed E-state index contributed by atoms with van der Waals surface area (Å²) in [6, 6.07) is 5.35. The monoisotopic (exact) mass is 332 g/mol. The van der Waals surface area contributed by atoms with Gasteiger partial charge in [-0.15, -0.1) is 0 Å². The van der Waals surface area contributed by atoms with E-state index in [2.05, 4.69) is 31.2 Å². The highest BCUT2D eigenvalue weighted by atomic mass is 79.9. The SMILES string of the molecule is Nc1cnc(Cl)nc1Nc1cc(Cl)ccc1Br. The molecule has 2 aromatic rings. The number of nitrogens with one attached hydrogen (secondary N) is 1. The summed E-state index contributed by atoms with van der Waals surface area (Å²) in [6.45, 7) is 0. The largest absolute Gasteiger partial charge is 0.394 e. The minimum Gasteiger partial charge on any atom is -0.394 e. The van der Waals surface area contributed by atoms with Crippen LogP contribution in [0, 0.1) is 0 Å². The molecule has 0 fully saturated rings. The van der Waals surface area contributed by atoms with Gasteiger partial charge in [0.2, 0.25) is 5.28 Å². The quantitative estimate of drug-likeness (QED) is 0.819. The predicted molar refractivity (Wildman–Crippen MR) is 73.9 cm³/mol. The van der Waals surface area contributed by atoms with Gasteiger partial charge in [-0.05, 0) is 45.7 Å². The van der Waals surface area contributed by atoms with Gasteiger partial charge in [0.25, 0.3) is 0 Å². The van der Waals surface area contributed by atoms with Gasteiger partial charge in [-0.1, -0.05) is 11.6 Å². The molecule has 88 valence electrons. The lowest BCUT2D eigenvalue weighted by Gasteiger charge is -2.10. The third-order valence-corrected chi connectivity index (χ3v) is 3.08. The molecule has 1 aromatic carbocycles. The molecule has 1 aromatic heterocycles. The van der Waals surface area contributed by atoms with Crippen molar-refractivity contribution in [3.63, 3.8) is 0 Å². The molecule has 0 saturated heterocycles. The molecular formula is C10H7BrCl2N4. The highest BCUT2D eigenvalue weighted by molar-refractivity contribution is 9.10. The molecule has 0 saturated carbocycles. The molecule has 0 aliphatic heterocycles. The van der Waals surface area contributed by atoms with Crippen LogP contribution in [0.5, 0.6) is 0 Å². The normalized spacial score (nSPS) is 10.3. The highest BCUT2D eigenvalue weighted by Crippen LogP contribution is 2.30. The zero-order valence-corrected chi connectivity index (χ0v) is 11.5. The fourth-order valence-corrected chi connectivity index (χ4v) is 1.84. The van der Waals surface area contributed by atoms with Crippen LogP contribution in [0.4, 0.5) is 17.2 Å². The minimum absolute atomic E-state index is 0.125. The van der Waals surface area contributed by atoms with Crippen LogP contribution >= 0.6 is 39.1 Å². The van der Waals surface area contributed by atoms with E-state index >= 15 is 0 Å². The van der Waals surface area contributed by atoms with E-state index in [-0.39, 0.29) is 5.28 Å². The summed E-state index contributed by atoms with van der Waals surface area (Å²) >= 11 is 15.0. The van der Waals surface area contributed by atoms with Crippen LogP contribution in [0.25, 0.3) is 0 Å². The van der Waals surface area contributed by atoms with Crippen molar-refractivity contribution in [3.8, 4) is 0 Å². The number of nitrogen functional groups attached to an aromatic ring is 1. The summed E-state index contributed by atoms with van der Waals surface area (Å²) in [5, 5.41) is 3.76. The fraction of sp³-hybridized carbons (Fsp3) is 0. The van der Waals surface area contributed by atoms with Crippen molar-refractivity contribution in [2.75, 3.05) is 11.1 Å². The van der Waals surface area contributed by atoms with Crippen LogP contribution in [0.2, 0.25) is 10.3 Å². The zero-order valence-electron chi connectivity index (χ0n) is 8.42. The van der Waals surface area contributed by atoms with E-state index in [1.165, 1.54) is 6.20 Å². The third-order valence-electron chi connectivity index (χ3n) is 1.97. The van der Waals surface area contributed by atoms with Crippen molar-refractivity contribution >= 4 is 56.3 Å². The smallest absolute Gasteiger partial charge is 0.224 e. The predicted octanol–water partition coefficient (Wildman–Crippen LogP) is 3.87. The molecular weight excluding hydrogens is 327 g/mol. The number of halogens is 3. The second kappa shape index (κ2) is 5.08. The van der Waals surface area contributed by atoms with Gasteiger partial charge < -0.3 is 11.1 Å². The molecule has 0 bridgehead atoms. The van der Waals surface area contributed by atoms with E-state index in [1.807, 2.05) is 6.07 Å². The molecule has 4 nitrogen and oxygen atoms in total. The second-order valence-electron chi connectivity index (χ2n) is 3.19. The van der Waals surface area contributed by atoms with Gasteiger partial charge in [-0.2, -0.15) is 4.98 Å². The number of nitrogens with zero attached hydrogens (tertiary/aromatic N) is 2. The lowest BCUT2D eigenvalue weighted by molar-refractivity contribution is 1.17. The van der Waals surface area contributed by atoms with Gasteiger partial charge in [0.1, 0.15) is 0 Å². The Labute approximate surface area is 116 Å². The van der Waals surface area contributed by atoms with Crippen LogP contribution in [0.1, 0.15) is 0 Å². The summed E-state index contributed by atoms with van der Waals surface area (Å²) in [5.74, 6) is 0.438. The van der Waals surface area contributed by atoms with Crippen molar-refractivity contribution in [1.82, 2.24) is 9.97 Å². The average molecular weight is 334 g/mol. The van der Waals surface area contributed by atoms with Crippen LogP contribution in [0.15, 0.2) is 28.9 Å². The number of aromatic nitrogens is 2. The molecule has 0 amide bonds. The first-order chi connectivity index (χ1) is 8.06. The zero-order chi connectivity index (χ0) is 12.4. The molecule has 1 heterocycles. The Balaban J connectivity index is 2.37. The van der Waals surface area contributed by atoms with Crippen LogP contribution < -0.4 is 11.1 Å². The Morgan fingerprint density at radius 2 is 2.06 bits per heavy atom. The van der Waals surface area contributed by atoms with Gasteiger partial charge in [-0.25, -0.2) is 4.98 Å². The molecule has 0 spiro atoms. The molecule has 7 heteroatoms. The number of hydrogen-bond donors (Lipinski definition) is 2. The Morgan fingerprint density at radius 3 is 2.82 bits per heavy atom. The summed E-state index contributed by atoms with van der Waals surface area (Å²) < 4.78 is 0.844. The van der Waals surface area contributed by atoms with Crippen LogP contribution in [0.3, 0.4) is 0 Å². The molecule has 0 aliphatic carbocycles. The van der Waals surface area contributed by atoms with Crippen molar-refractivity contribution in [3.05, 3.63) is 39.2 Å². The highest BCUT2D eigenvalue weighted by Gasteiger charge is 2.06. The van der Waals surface area contributed by atoms with Gasteiger partial charge in [0.15, 0.2) is 5.82 Å². The molecule has 17 heavy (non-hydrogen) atoms. The fourth-order valence-electron chi connectivity index (χ4n) is 1.19. The maximum absolute atomic E-state index is 5.90. The first kappa shape index (κ1) is 12.4. The maximum atomic E-state index is 5.90. The molecule has 0 unspecified atom stereocenters. The lowest BCUT2D eigenvalue weighted by Crippen LogP contribution is -2.01. The minimum atomic E-state index is 0.125. The first-order valence-electron chi connectivity index (χ1n) is 4.56. The number of anilines is 3. The standard InChI is InChI=1S/C10H7BrCl2N4/c11-6-2-1-5(12)3-8(6)16-9-7(14)4-15-10(13)17-9/h1-4H,14H2,(H,15,16,17). The van der Waals surface area contributed by atoms with E-state index in [1.54, 1.807) is 12.1 Å². The first-order valence-corrected chi connectivity index (χ1v) is 6.11. The van der Waals surface area contributed by atoms with Crippen molar-refractivity contribution in [2.24, 2.45) is 0 Å². The summed E-state index contributed by atoms with van der Waals surface area (Å²) in [4.78, 5) is 7.77. The summed E-state index contributed by atoms with van der Waals surface area (Å²) in [6.07, 6.45) is 1.44. The van der Waals surface area contributed by atoms with Gasteiger partial charge in [0, 0.05) is 9.50 Å². The molecule has 0 aliphatic rings. The van der Waals surface area contributed by atoms with Crippen molar-refractivity contribution in [2.45, 2.75) is 0 Å². The van der Waals surface area contributed by atoms with E-state index in [4.69, 9.17) is 28.9 Å². The topological polar surface area (TPSA) is 63.8 Å². The maximum Gasteiger partial charge on any atom is 0.224 e. The Hall–Kier alpha value is -1.04. The van der Waals surface area contributed by atoms with Crippen molar-refractivity contribution < 1.29 is 0 Å². The Bertz CT molecular complexity index is 512. The van der Waals surface area contributed by atoms with Crippen molar-refractivity contribution in [1.29, 1.82) is 0 Å². The number of nitrogens with two attached hydrogens (primary N) is 1. The number of benzene rings is 1. The Kier molecular flexibility index (Phi) is 3.71. The number of hydrogen-bond acceptors (Lipinski definition) is 4. The van der Waals surface area contributed by atoms with Gasteiger partial charge in [-0.3, -0.25) is 0 Å². The molecule has 2 rings (SSSR count). The Morgan fingerprint density at radius 1 is 1.29 bits per heavy atom. The van der Waals surface area contributed by atoms with E-state index < -0.39 is 0 Å². The summed E-state index contributed by atoms with van der Waals surface area (Å²) in [7, 11) is 0.